The second kappa shape index (κ2) is 6.81. The van der Waals surface area contributed by atoms with E-state index < -0.39 is 0 Å². The zero-order valence-electron chi connectivity index (χ0n) is 14.9. The highest BCUT2D eigenvalue weighted by Gasteiger charge is 2.25. The molecule has 2 N–H and O–H groups in total. The van der Waals surface area contributed by atoms with Gasteiger partial charge in [0.25, 0.3) is 0 Å². The van der Waals surface area contributed by atoms with Gasteiger partial charge in [-0.1, -0.05) is 51.1 Å². The van der Waals surface area contributed by atoms with Crippen LogP contribution in [0.4, 0.5) is 4.39 Å². The van der Waals surface area contributed by atoms with Crippen molar-refractivity contribution >= 4 is 0 Å². The van der Waals surface area contributed by atoms with Crippen molar-refractivity contribution in [1.29, 1.82) is 0 Å². The third kappa shape index (κ3) is 3.64. The molecule has 0 spiro atoms. The molecule has 1 atom stereocenters. The van der Waals surface area contributed by atoms with E-state index in [4.69, 9.17) is 10.8 Å². The predicted octanol–water partition coefficient (Wildman–Crippen LogP) is 4.40. The summed E-state index contributed by atoms with van der Waals surface area (Å²) < 4.78 is 15.3. The van der Waals surface area contributed by atoms with Crippen LogP contribution < -0.4 is 5.73 Å². The van der Waals surface area contributed by atoms with E-state index in [1.165, 1.54) is 12.1 Å². The molecule has 4 heteroatoms. The average Bonchev–Trinajstić information content (AvgIpc) is 3.03. The SMILES string of the molecule is CC(C)(C)c1cc(C(CN)c2ccc(F)cc2)n(-c2ccccc2)n1. The fourth-order valence-corrected chi connectivity index (χ4v) is 2.91. The van der Waals surface area contributed by atoms with Gasteiger partial charge >= 0.3 is 0 Å². The molecule has 25 heavy (non-hydrogen) atoms. The minimum absolute atomic E-state index is 0.0515. The van der Waals surface area contributed by atoms with E-state index in [9.17, 15) is 4.39 Å². The summed E-state index contributed by atoms with van der Waals surface area (Å²) in [7, 11) is 0. The summed E-state index contributed by atoms with van der Waals surface area (Å²) in [4.78, 5) is 0. The summed E-state index contributed by atoms with van der Waals surface area (Å²) >= 11 is 0. The van der Waals surface area contributed by atoms with E-state index in [0.717, 1.165) is 22.6 Å². The molecule has 1 aromatic heterocycles. The lowest BCUT2D eigenvalue weighted by molar-refractivity contribution is 0.559. The van der Waals surface area contributed by atoms with Crippen molar-refractivity contribution in [2.45, 2.75) is 32.1 Å². The van der Waals surface area contributed by atoms with Crippen LogP contribution in [-0.2, 0) is 5.41 Å². The zero-order valence-corrected chi connectivity index (χ0v) is 14.9. The molecule has 3 aromatic rings. The highest BCUT2D eigenvalue weighted by atomic mass is 19.1. The molecule has 0 amide bonds. The first kappa shape index (κ1) is 17.4. The van der Waals surface area contributed by atoms with Gasteiger partial charge in [0.15, 0.2) is 0 Å². The Balaban J connectivity index is 2.15. The van der Waals surface area contributed by atoms with Crippen molar-refractivity contribution in [3.8, 4) is 5.69 Å². The molecule has 0 saturated carbocycles. The molecule has 3 nitrogen and oxygen atoms in total. The van der Waals surface area contributed by atoms with Crippen molar-refractivity contribution in [1.82, 2.24) is 9.78 Å². The Hall–Kier alpha value is -2.46. The van der Waals surface area contributed by atoms with Gasteiger partial charge in [0.2, 0.25) is 0 Å². The molecule has 0 aliphatic heterocycles. The molecule has 0 aliphatic rings. The molecule has 1 heterocycles. The normalized spacial score (nSPS) is 13.0. The van der Waals surface area contributed by atoms with Gasteiger partial charge in [-0.2, -0.15) is 5.10 Å². The Bertz CT molecular complexity index is 830. The number of hydrogen-bond donors (Lipinski definition) is 1. The zero-order chi connectivity index (χ0) is 18.0. The topological polar surface area (TPSA) is 43.8 Å². The van der Waals surface area contributed by atoms with Crippen molar-refractivity contribution in [2.75, 3.05) is 6.54 Å². The fourth-order valence-electron chi connectivity index (χ4n) is 2.91. The number of nitrogens with two attached hydrogens (primary N) is 1. The van der Waals surface area contributed by atoms with E-state index >= 15 is 0 Å². The van der Waals surface area contributed by atoms with Gasteiger partial charge in [-0.3, -0.25) is 0 Å². The molecule has 0 bridgehead atoms. The number of rotatable bonds is 4. The van der Waals surface area contributed by atoms with Crippen molar-refractivity contribution < 1.29 is 4.39 Å². The van der Waals surface area contributed by atoms with Gasteiger partial charge in [0.1, 0.15) is 5.82 Å². The number of para-hydroxylation sites is 1. The smallest absolute Gasteiger partial charge is 0.123 e. The third-order valence-electron chi connectivity index (χ3n) is 4.37. The molecule has 130 valence electrons. The second-order valence-corrected chi connectivity index (χ2v) is 7.29. The number of aromatic nitrogens is 2. The van der Waals surface area contributed by atoms with E-state index in [2.05, 4.69) is 26.8 Å². The average molecular weight is 337 g/mol. The minimum Gasteiger partial charge on any atom is -0.329 e. The number of halogens is 1. The van der Waals surface area contributed by atoms with Crippen LogP contribution in [0.3, 0.4) is 0 Å². The van der Waals surface area contributed by atoms with Crippen LogP contribution in [0, 0.1) is 5.82 Å². The highest BCUT2D eigenvalue weighted by Crippen LogP contribution is 2.30. The molecule has 0 radical (unpaired) electrons. The lowest BCUT2D eigenvalue weighted by Gasteiger charge is -2.17. The van der Waals surface area contributed by atoms with Gasteiger partial charge in [0, 0.05) is 17.9 Å². The molecule has 0 fully saturated rings. The lowest BCUT2D eigenvalue weighted by Crippen LogP contribution is -2.17. The Labute approximate surface area is 148 Å². The Morgan fingerprint density at radius 2 is 1.68 bits per heavy atom. The van der Waals surface area contributed by atoms with Crippen LogP contribution in [0.2, 0.25) is 0 Å². The van der Waals surface area contributed by atoms with Crippen molar-refractivity contribution in [3.05, 3.63) is 83.4 Å². The van der Waals surface area contributed by atoms with Crippen LogP contribution in [0.1, 0.15) is 43.6 Å². The van der Waals surface area contributed by atoms with Gasteiger partial charge < -0.3 is 5.73 Å². The Morgan fingerprint density at radius 1 is 1.04 bits per heavy atom. The van der Waals surface area contributed by atoms with Gasteiger partial charge in [-0.25, -0.2) is 9.07 Å². The second-order valence-electron chi connectivity index (χ2n) is 7.29. The standard InChI is InChI=1S/C21H24FN3/c1-21(2,3)20-13-19(25(24-20)17-7-5-4-6-8-17)18(14-23)15-9-11-16(22)12-10-15/h4-13,18H,14,23H2,1-3H3. The number of nitrogens with zero attached hydrogens (tertiary/aromatic N) is 2. The molecular weight excluding hydrogens is 313 g/mol. The van der Waals surface area contributed by atoms with Crippen LogP contribution in [0.5, 0.6) is 0 Å². The summed E-state index contributed by atoms with van der Waals surface area (Å²) in [6.07, 6.45) is 0. The fraction of sp³-hybridized carbons (Fsp3) is 0.286. The maximum absolute atomic E-state index is 13.3. The lowest BCUT2D eigenvalue weighted by atomic mass is 9.90. The van der Waals surface area contributed by atoms with Crippen molar-refractivity contribution in [2.24, 2.45) is 5.73 Å². The molecular formula is C21H24FN3. The largest absolute Gasteiger partial charge is 0.329 e. The predicted molar refractivity (Wildman–Crippen MR) is 99.6 cm³/mol. The van der Waals surface area contributed by atoms with E-state index in [0.29, 0.717) is 6.54 Å². The maximum atomic E-state index is 13.3. The summed E-state index contributed by atoms with van der Waals surface area (Å²) in [5.41, 5.74) is 10.0. The van der Waals surface area contributed by atoms with Crippen LogP contribution in [0.25, 0.3) is 5.69 Å². The molecule has 0 saturated heterocycles. The van der Waals surface area contributed by atoms with Gasteiger partial charge in [-0.05, 0) is 35.9 Å². The van der Waals surface area contributed by atoms with Crippen LogP contribution in [-0.4, -0.2) is 16.3 Å². The monoisotopic (exact) mass is 337 g/mol. The minimum atomic E-state index is -0.244. The first-order valence-electron chi connectivity index (χ1n) is 8.51. The molecule has 3 rings (SSSR count). The first-order chi connectivity index (χ1) is 11.9. The third-order valence-corrected chi connectivity index (χ3v) is 4.37. The first-order valence-corrected chi connectivity index (χ1v) is 8.51. The Kier molecular flexibility index (Phi) is 4.73. The van der Waals surface area contributed by atoms with Gasteiger partial charge in [0.05, 0.1) is 17.1 Å². The van der Waals surface area contributed by atoms with Crippen LogP contribution in [0.15, 0.2) is 60.7 Å². The summed E-state index contributed by atoms with van der Waals surface area (Å²) in [5.74, 6) is -0.295. The van der Waals surface area contributed by atoms with Gasteiger partial charge in [-0.15, -0.1) is 0 Å². The van der Waals surface area contributed by atoms with Crippen LogP contribution >= 0.6 is 0 Å². The van der Waals surface area contributed by atoms with E-state index in [1.807, 2.05) is 35.0 Å². The molecule has 1 unspecified atom stereocenters. The number of benzene rings is 2. The van der Waals surface area contributed by atoms with E-state index in [1.54, 1.807) is 12.1 Å². The quantitative estimate of drug-likeness (QED) is 0.767. The van der Waals surface area contributed by atoms with Crippen molar-refractivity contribution in [3.63, 3.8) is 0 Å². The molecule has 0 aliphatic carbocycles. The Morgan fingerprint density at radius 3 is 2.24 bits per heavy atom. The summed E-state index contributed by atoms with van der Waals surface area (Å²) in [6, 6.07) is 18.7. The number of hydrogen-bond acceptors (Lipinski definition) is 2. The molecule has 2 aromatic carbocycles. The summed E-state index contributed by atoms with van der Waals surface area (Å²) in [6.45, 7) is 6.85. The maximum Gasteiger partial charge on any atom is 0.123 e. The van der Waals surface area contributed by atoms with E-state index in [-0.39, 0.29) is 17.2 Å². The summed E-state index contributed by atoms with van der Waals surface area (Å²) in [5, 5.41) is 4.85. The highest BCUT2D eigenvalue weighted by molar-refractivity contribution is 5.39.